The van der Waals surface area contributed by atoms with E-state index in [2.05, 4.69) is 51.3 Å². The van der Waals surface area contributed by atoms with Crippen molar-refractivity contribution in [1.82, 2.24) is 9.40 Å². The number of rotatable bonds is 5. The van der Waals surface area contributed by atoms with E-state index in [1.54, 1.807) is 18.0 Å². The number of hydrogen-bond acceptors (Lipinski definition) is 4. The molecule has 3 rings (SSSR count). The normalized spacial score (nSPS) is 16.9. The van der Waals surface area contributed by atoms with Crippen LogP contribution in [0.3, 0.4) is 0 Å². The molecular weight excluding hydrogens is 290 g/mol. The number of benzene rings is 1. The lowest BCUT2D eigenvalue weighted by atomic mass is 10.2. The van der Waals surface area contributed by atoms with Crippen LogP contribution in [0.5, 0.6) is 0 Å². The Morgan fingerprint density at radius 1 is 1.05 bits per heavy atom. The van der Waals surface area contributed by atoms with Crippen LogP contribution in [0.1, 0.15) is 0 Å². The van der Waals surface area contributed by atoms with Gasteiger partial charge in [0.15, 0.2) is 0 Å². The first-order valence-electron chi connectivity index (χ1n) is 7.08. The van der Waals surface area contributed by atoms with Crippen molar-refractivity contribution in [2.24, 2.45) is 0 Å². The number of allylic oxidation sites excluding steroid dienone is 4. The zero-order valence-corrected chi connectivity index (χ0v) is 13.0. The van der Waals surface area contributed by atoms with E-state index in [4.69, 9.17) is 0 Å². The summed E-state index contributed by atoms with van der Waals surface area (Å²) >= 11 is 1.64. The second-order valence-corrected chi connectivity index (χ2v) is 5.72. The van der Waals surface area contributed by atoms with E-state index in [-0.39, 0.29) is 0 Å². The van der Waals surface area contributed by atoms with Crippen LogP contribution in [-0.4, -0.2) is 15.9 Å². The van der Waals surface area contributed by atoms with E-state index < -0.39 is 0 Å². The molecule has 0 saturated carbocycles. The lowest BCUT2D eigenvalue weighted by molar-refractivity contribution is 0.395. The molecule has 0 spiro atoms. The minimum atomic E-state index is 0.873. The van der Waals surface area contributed by atoms with E-state index in [0.717, 1.165) is 17.3 Å². The number of nitrogens with zero attached hydrogens (tertiary/aromatic N) is 3. The largest absolute Gasteiger partial charge is 0.267 e. The summed E-state index contributed by atoms with van der Waals surface area (Å²) in [5.74, 6) is 0. The highest BCUT2D eigenvalue weighted by molar-refractivity contribution is 7.97. The van der Waals surface area contributed by atoms with Gasteiger partial charge in [-0.15, -0.1) is 4.41 Å². The molecule has 1 fully saturated rings. The smallest absolute Gasteiger partial charge is 0.113 e. The molecular formula is C18H17N3S. The number of hydrogen-bond donors (Lipinski definition) is 0. The predicted octanol–water partition coefficient (Wildman–Crippen LogP) is 4.45. The van der Waals surface area contributed by atoms with Gasteiger partial charge in [-0.3, -0.25) is 5.01 Å². The van der Waals surface area contributed by atoms with Gasteiger partial charge < -0.3 is 0 Å². The van der Waals surface area contributed by atoms with E-state index in [9.17, 15) is 0 Å². The summed E-state index contributed by atoms with van der Waals surface area (Å²) in [5.41, 5.74) is 2.39. The van der Waals surface area contributed by atoms with Gasteiger partial charge in [0, 0.05) is 6.20 Å². The standard InChI is InChI=1S/C18H17N3S/c1-2-3-5-12-17-15-20(22-18-13-8-9-14-19-18)21(17)16-10-6-4-7-11-16/h2-14H,1,15H2/b5-3-,17-12+. The Morgan fingerprint density at radius 2 is 1.86 bits per heavy atom. The number of anilines is 1. The number of hydrazine groups is 1. The molecule has 22 heavy (non-hydrogen) atoms. The van der Waals surface area contributed by atoms with Crippen molar-refractivity contribution in [3.63, 3.8) is 0 Å². The fourth-order valence-corrected chi connectivity index (χ4v) is 3.10. The van der Waals surface area contributed by atoms with Crippen LogP contribution < -0.4 is 5.01 Å². The Bertz CT molecular complexity index is 680. The van der Waals surface area contributed by atoms with E-state index in [0.29, 0.717) is 0 Å². The molecule has 0 aliphatic carbocycles. The Labute approximate surface area is 135 Å². The predicted molar refractivity (Wildman–Crippen MR) is 93.1 cm³/mol. The zero-order chi connectivity index (χ0) is 15.2. The van der Waals surface area contributed by atoms with Crippen LogP contribution in [0, 0.1) is 0 Å². The van der Waals surface area contributed by atoms with Crippen LogP contribution >= 0.6 is 11.9 Å². The third kappa shape index (κ3) is 3.30. The molecule has 1 aromatic carbocycles. The van der Waals surface area contributed by atoms with Crippen molar-refractivity contribution < 1.29 is 0 Å². The van der Waals surface area contributed by atoms with Crippen molar-refractivity contribution in [3.8, 4) is 0 Å². The summed E-state index contributed by atoms with van der Waals surface area (Å²) in [6.07, 6.45) is 9.66. The first-order chi connectivity index (χ1) is 10.9. The maximum absolute atomic E-state index is 4.38. The quantitative estimate of drug-likeness (QED) is 0.600. The highest BCUT2D eigenvalue weighted by Gasteiger charge is 2.32. The first-order valence-corrected chi connectivity index (χ1v) is 7.86. The minimum Gasteiger partial charge on any atom is -0.267 e. The highest BCUT2D eigenvalue weighted by atomic mass is 32.2. The summed E-state index contributed by atoms with van der Waals surface area (Å²) in [5, 5.41) is 3.19. The van der Waals surface area contributed by atoms with Crippen molar-refractivity contribution in [1.29, 1.82) is 0 Å². The highest BCUT2D eigenvalue weighted by Crippen LogP contribution is 2.37. The van der Waals surface area contributed by atoms with Gasteiger partial charge in [0.2, 0.25) is 0 Å². The lowest BCUT2D eigenvalue weighted by Gasteiger charge is -2.46. The topological polar surface area (TPSA) is 19.4 Å². The summed E-state index contributed by atoms with van der Waals surface area (Å²) in [7, 11) is 0. The molecule has 1 aliphatic rings. The fourth-order valence-electron chi connectivity index (χ4n) is 2.16. The third-order valence-corrected chi connectivity index (χ3v) is 4.10. The van der Waals surface area contributed by atoms with Gasteiger partial charge in [-0.1, -0.05) is 49.1 Å². The van der Waals surface area contributed by atoms with Gasteiger partial charge in [0.25, 0.3) is 0 Å². The SMILES string of the molecule is C=C/C=C\C=C1/CN(Sc2ccccn2)N1c1ccccc1. The van der Waals surface area contributed by atoms with Crippen LogP contribution in [0.25, 0.3) is 0 Å². The maximum Gasteiger partial charge on any atom is 0.113 e. The molecule has 1 aromatic heterocycles. The van der Waals surface area contributed by atoms with E-state index in [1.165, 1.54) is 5.70 Å². The Hall–Kier alpha value is -2.30. The van der Waals surface area contributed by atoms with Gasteiger partial charge in [-0.05, 0) is 42.3 Å². The van der Waals surface area contributed by atoms with Gasteiger partial charge >= 0.3 is 0 Å². The van der Waals surface area contributed by atoms with Gasteiger partial charge in [-0.25, -0.2) is 4.98 Å². The van der Waals surface area contributed by atoms with Crippen molar-refractivity contribution in [2.75, 3.05) is 11.6 Å². The molecule has 0 amide bonds. The molecule has 0 N–H and O–H groups in total. The van der Waals surface area contributed by atoms with Crippen molar-refractivity contribution in [3.05, 3.63) is 91.3 Å². The van der Waals surface area contributed by atoms with Crippen LogP contribution in [0.15, 0.2) is 96.3 Å². The molecule has 2 heterocycles. The average Bonchev–Trinajstić information content (AvgIpc) is 2.55. The number of aromatic nitrogens is 1. The maximum atomic E-state index is 4.38. The summed E-state index contributed by atoms with van der Waals surface area (Å²) in [6, 6.07) is 16.3. The molecule has 2 aromatic rings. The minimum absolute atomic E-state index is 0.873. The summed E-state index contributed by atoms with van der Waals surface area (Å²) < 4.78 is 2.20. The van der Waals surface area contributed by atoms with E-state index in [1.807, 2.05) is 42.6 Å². The molecule has 0 unspecified atom stereocenters. The summed E-state index contributed by atoms with van der Waals surface area (Å²) in [6.45, 7) is 4.57. The number of pyridine rings is 1. The molecule has 0 radical (unpaired) electrons. The van der Waals surface area contributed by atoms with Crippen LogP contribution in [0.2, 0.25) is 0 Å². The Balaban J connectivity index is 1.81. The molecule has 4 heteroatoms. The monoisotopic (exact) mass is 307 g/mol. The van der Waals surface area contributed by atoms with Gasteiger partial charge in [-0.2, -0.15) is 0 Å². The van der Waals surface area contributed by atoms with Crippen LogP contribution in [-0.2, 0) is 0 Å². The molecule has 1 saturated heterocycles. The van der Waals surface area contributed by atoms with Gasteiger partial charge in [0.1, 0.15) is 5.03 Å². The summed E-state index contributed by atoms with van der Waals surface area (Å²) in [4.78, 5) is 4.38. The first kappa shape index (κ1) is 14.6. The Kier molecular flexibility index (Phi) is 4.73. The second-order valence-electron chi connectivity index (χ2n) is 4.70. The molecule has 3 nitrogen and oxygen atoms in total. The molecule has 0 atom stereocenters. The van der Waals surface area contributed by atoms with Gasteiger partial charge in [0.05, 0.1) is 17.9 Å². The zero-order valence-electron chi connectivity index (χ0n) is 12.2. The number of para-hydroxylation sites is 1. The van der Waals surface area contributed by atoms with Crippen molar-refractivity contribution in [2.45, 2.75) is 5.03 Å². The Morgan fingerprint density at radius 3 is 2.59 bits per heavy atom. The third-order valence-electron chi connectivity index (χ3n) is 3.17. The molecule has 0 bridgehead atoms. The van der Waals surface area contributed by atoms with Crippen molar-refractivity contribution >= 4 is 17.6 Å². The van der Waals surface area contributed by atoms with E-state index >= 15 is 0 Å². The van der Waals surface area contributed by atoms with Crippen LogP contribution in [0.4, 0.5) is 5.69 Å². The lowest BCUT2D eigenvalue weighted by Crippen LogP contribution is -2.51. The second kappa shape index (κ2) is 7.11. The molecule has 1 aliphatic heterocycles. The fraction of sp³-hybridized carbons (Fsp3) is 0.0556. The molecule has 110 valence electrons. The average molecular weight is 307 g/mol.